The molecule has 2 aromatic heterocycles. The molecule has 0 saturated carbocycles. The van der Waals surface area contributed by atoms with Gasteiger partial charge in [0.1, 0.15) is 12.5 Å². The summed E-state index contributed by atoms with van der Waals surface area (Å²) < 4.78 is 110. The van der Waals surface area contributed by atoms with Gasteiger partial charge in [-0.15, -0.1) is 0 Å². The minimum atomic E-state index is -5.57. The Morgan fingerprint density at radius 2 is 1.82 bits per heavy atom. The van der Waals surface area contributed by atoms with E-state index < -0.39 is 91.3 Å². The van der Waals surface area contributed by atoms with Crippen LogP contribution in [0.25, 0.3) is 0 Å². The number of nitrogens with one attached hydrogen (secondary N) is 2. The van der Waals surface area contributed by atoms with E-state index in [1.54, 1.807) is 0 Å². The number of benzene rings is 1. The number of phosphoric ester groups is 1. The lowest BCUT2D eigenvalue weighted by atomic mass is 10.1. The van der Waals surface area contributed by atoms with E-state index in [1.807, 2.05) is 0 Å². The Hall–Kier alpha value is -4.24. The number of phosphoric acid groups is 1. The van der Waals surface area contributed by atoms with Crippen molar-refractivity contribution in [1.82, 2.24) is 15.0 Å². The van der Waals surface area contributed by atoms with Crippen LogP contribution in [0.1, 0.15) is 23.4 Å². The van der Waals surface area contributed by atoms with Crippen LogP contribution in [-0.2, 0) is 13.9 Å². The molecule has 1 aromatic carbocycles. The van der Waals surface area contributed by atoms with Crippen LogP contribution in [0.15, 0.2) is 30.3 Å². The third kappa shape index (κ3) is 6.15. The minimum Gasteiger partial charge on any atom is -0.493 e. The zero-order chi connectivity index (χ0) is 35.4. The van der Waals surface area contributed by atoms with Crippen molar-refractivity contribution < 1.29 is 56.6 Å². The number of rotatable bonds is 10. The smallest absolute Gasteiger partial charge is 0.471 e. The van der Waals surface area contributed by atoms with Gasteiger partial charge >= 0.3 is 7.82 Å². The number of ether oxygens (including phenoxy) is 4. The van der Waals surface area contributed by atoms with Crippen LogP contribution in [0.3, 0.4) is 0 Å². The van der Waals surface area contributed by atoms with Crippen LogP contribution in [-0.4, -0.2) is 64.3 Å². The van der Waals surface area contributed by atoms with Crippen molar-refractivity contribution in [2.24, 2.45) is 0 Å². The zero-order valence-corrected chi connectivity index (χ0v) is 22.3. The lowest BCUT2D eigenvalue weighted by Gasteiger charge is -2.37. The molecule has 17 heteroatoms. The van der Waals surface area contributed by atoms with E-state index in [0.717, 1.165) is 13.8 Å². The number of hydrogen-bond acceptors (Lipinski definition) is 12. The van der Waals surface area contributed by atoms with Crippen LogP contribution >= 0.6 is 7.82 Å². The molecular weight excluding hydrogens is 554 g/mol. The van der Waals surface area contributed by atoms with Gasteiger partial charge in [-0.05, 0) is 25.9 Å². The van der Waals surface area contributed by atoms with Crippen molar-refractivity contribution in [3.63, 3.8) is 0 Å². The topological polar surface area (TPSA) is 187 Å². The first-order chi connectivity index (χ1) is 21.7. The number of aromatic nitrogens is 3. The molecule has 15 nitrogen and oxygen atoms in total. The normalized spacial score (nSPS) is 17.1. The lowest BCUT2D eigenvalue weighted by Crippen LogP contribution is -2.53. The number of pyridine rings is 1. The highest BCUT2D eigenvalue weighted by atomic mass is 31.2. The highest BCUT2D eigenvalue weighted by Crippen LogP contribution is 2.42. The number of hydrogen-bond donors (Lipinski definition) is 4. The predicted octanol–water partition coefficient (Wildman–Crippen LogP) is 3.09. The molecule has 0 bridgehead atoms. The van der Waals surface area contributed by atoms with Crippen LogP contribution in [0.2, 0.25) is 0 Å². The van der Waals surface area contributed by atoms with Gasteiger partial charge in [-0.3, -0.25) is 14.2 Å². The molecule has 1 amide bonds. The van der Waals surface area contributed by atoms with Crippen molar-refractivity contribution in [3.05, 3.63) is 36.2 Å². The summed E-state index contributed by atoms with van der Waals surface area (Å²) in [5.41, 5.74) is -2.24. The summed E-state index contributed by atoms with van der Waals surface area (Å²) in [6, 6.07) is -2.46. The van der Waals surface area contributed by atoms with E-state index in [2.05, 4.69) is 30.1 Å². The molecule has 0 atom stereocenters. The Balaban J connectivity index is 1.85. The SMILES string of the molecule is [2H]c1nc(Nc2c([2H])c(OC)c(OC)c(OC)c2[2H])nc(Nc2nc3c(c([2H])c2[2H])OC(C)(C)C(=O)N3C([2H])([2H])OP(=O)(O)O)c1F. The molecule has 0 unspecified atom stereocenters. The zero-order valence-electron chi connectivity index (χ0n) is 28.4. The molecule has 40 heavy (non-hydrogen) atoms. The van der Waals surface area contributed by atoms with Gasteiger partial charge in [0.25, 0.3) is 5.91 Å². The van der Waals surface area contributed by atoms with E-state index >= 15 is 4.39 Å². The molecule has 1 aliphatic heterocycles. The molecular formula is C23H26FN6O9P. The van der Waals surface area contributed by atoms with E-state index in [4.69, 9.17) is 28.5 Å². The molecule has 3 heterocycles. The number of carbonyl (C=O) groups is 1. The predicted molar refractivity (Wildman–Crippen MR) is 139 cm³/mol. The van der Waals surface area contributed by atoms with Gasteiger partial charge in [-0.1, -0.05) is 0 Å². The maximum atomic E-state index is 15.2. The Morgan fingerprint density at radius 1 is 1.15 bits per heavy atom. The Morgan fingerprint density at radius 3 is 2.42 bits per heavy atom. The lowest BCUT2D eigenvalue weighted by molar-refractivity contribution is -0.133. The molecule has 1 aliphatic rings. The Bertz CT molecular complexity index is 1800. The van der Waals surface area contributed by atoms with Gasteiger partial charge < -0.3 is 39.4 Å². The van der Waals surface area contributed by atoms with E-state index in [-0.39, 0.29) is 27.8 Å². The molecule has 0 radical (unpaired) electrons. The fraction of sp³-hybridized carbons (Fsp3) is 0.304. The van der Waals surface area contributed by atoms with Crippen molar-refractivity contribution in [3.8, 4) is 23.0 Å². The average molecular weight is 588 g/mol. The second-order valence-corrected chi connectivity index (χ2v) is 9.25. The summed E-state index contributed by atoms with van der Waals surface area (Å²) in [4.78, 5) is 43.3. The maximum Gasteiger partial charge on any atom is 0.471 e. The number of nitrogens with zero attached hydrogens (tertiary/aromatic N) is 4. The quantitative estimate of drug-likeness (QED) is 0.253. The monoisotopic (exact) mass is 587 g/mol. The Kier molecular flexibility index (Phi) is 5.72. The second kappa shape index (κ2) is 11.1. The van der Waals surface area contributed by atoms with E-state index in [1.165, 1.54) is 21.3 Å². The fourth-order valence-electron chi connectivity index (χ4n) is 3.19. The van der Waals surface area contributed by atoms with Crippen molar-refractivity contribution in [1.29, 1.82) is 0 Å². The molecule has 0 saturated heterocycles. The highest BCUT2D eigenvalue weighted by Gasteiger charge is 2.42. The number of amides is 1. The number of carbonyl (C=O) groups excluding carboxylic acids is 1. The van der Waals surface area contributed by atoms with Gasteiger partial charge in [0.15, 0.2) is 40.3 Å². The van der Waals surface area contributed by atoms with Gasteiger partial charge in [0.05, 0.1) is 37.1 Å². The third-order valence-electron chi connectivity index (χ3n) is 4.91. The van der Waals surface area contributed by atoms with Crippen LogP contribution in [0, 0.1) is 5.82 Å². The molecule has 4 N–H and O–H groups in total. The maximum absolute atomic E-state index is 15.2. The van der Waals surface area contributed by atoms with Gasteiger partial charge in [-0.2, -0.15) is 4.98 Å². The molecule has 3 aromatic rings. The number of anilines is 5. The van der Waals surface area contributed by atoms with E-state index in [0.29, 0.717) is 0 Å². The molecule has 214 valence electrons. The number of methoxy groups -OCH3 is 3. The first-order valence-corrected chi connectivity index (χ1v) is 12.4. The molecule has 0 aliphatic carbocycles. The largest absolute Gasteiger partial charge is 0.493 e. The van der Waals surface area contributed by atoms with Crippen LogP contribution in [0.5, 0.6) is 23.0 Å². The molecule has 0 spiro atoms. The van der Waals surface area contributed by atoms with Crippen molar-refractivity contribution >= 4 is 42.8 Å². The number of halogens is 1. The fourth-order valence-corrected chi connectivity index (χ4v) is 3.38. The van der Waals surface area contributed by atoms with E-state index in [9.17, 15) is 19.1 Å². The summed E-state index contributed by atoms with van der Waals surface area (Å²) in [5.74, 6) is -6.70. The molecule has 0 fully saturated rings. The van der Waals surface area contributed by atoms with Gasteiger partial charge in [0.2, 0.25) is 11.7 Å². The summed E-state index contributed by atoms with van der Waals surface area (Å²) in [6.07, 6.45) is -1.03. The average Bonchev–Trinajstić information content (AvgIpc) is 2.95. The summed E-state index contributed by atoms with van der Waals surface area (Å²) in [6.45, 7) is -1.26. The Labute approximate surface area is 237 Å². The van der Waals surface area contributed by atoms with Crippen LogP contribution < -0.4 is 34.5 Å². The van der Waals surface area contributed by atoms with Crippen molar-refractivity contribution in [2.45, 2.75) is 19.4 Å². The van der Waals surface area contributed by atoms with Crippen molar-refractivity contribution in [2.75, 3.05) is 43.5 Å². The first-order valence-electron chi connectivity index (χ1n) is 14.4. The van der Waals surface area contributed by atoms with Gasteiger partial charge in [-0.25, -0.2) is 18.9 Å². The second-order valence-electron chi connectivity index (χ2n) is 8.09. The summed E-state index contributed by atoms with van der Waals surface area (Å²) in [7, 11) is -1.85. The summed E-state index contributed by atoms with van der Waals surface area (Å²) >= 11 is 0. The number of fused-ring (bicyclic) bond motifs is 1. The minimum absolute atomic E-state index is 0.0674. The highest BCUT2D eigenvalue weighted by molar-refractivity contribution is 7.46. The standard InChI is InChI=1S/C23H26FN6O9P/c1-23(2)21(31)30(11-38-40(32,33)34)20-14(39-23)6-7-17(28-20)27-19-13(24)10-25-22(29-19)26-12-8-15(35-3)18(37-5)16(9-12)36-4/h6-10H,11H2,1-5H3,(H2,32,33,34)(H2,25,26,27,28,29)/i6D,7D,8D,9D,10D,11D2. The molecule has 4 rings (SSSR count). The first kappa shape index (κ1) is 20.6. The third-order valence-corrected chi connectivity index (χ3v) is 5.23. The summed E-state index contributed by atoms with van der Waals surface area (Å²) in [5, 5.41) is 4.79. The van der Waals surface area contributed by atoms with Gasteiger partial charge in [0, 0.05) is 17.8 Å². The van der Waals surface area contributed by atoms with Crippen LogP contribution in [0.4, 0.5) is 33.5 Å².